The number of nitrogens with zero attached hydrogens (tertiary/aromatic N) is 2. The van der Waals surface area contributed by atoms with Crippen molar-refractivity contribution in [1.82, 2.24) is 9.97 Å². The summed E-state index contributed by atoms with van der Waals surface area (Å²) >= 11 is 0. The SMILES string of the molecule is Nc1cc(NCCOCC(F)F)nc(C2CC2)n1. The minimum Gasteiger partial charge on any atom is -0.384 e. The topological polar surface area (TPSA) is 73.1 Å². The molecule has 1 saturated carbocycles. The van der Waals surface area contributed by atoms with E-state index >= 15 is 0 Å². The average Bonchev–Trinajstić information content (AvgIpc) is 3.11. The van der Waals surface area contributed by atoms with Crippen molar-refractivity contribution in [3.63, 3.8) is 0 Å². The van der Waals surface area contributed by atoms with E-state index in [0.717, 1.165) is 18.7 Å². The monoisotopic (exact) mass is 258 g/mol. The Hall–Kier alpha value is -1.50. The Kier molecular flexibility index (Phi) is 4.24. The molecule has 100 valence electrons. The third-order valence-electron chi connectivity index (χ3n) is 2.50. The van der Waals surface area contributed by atoms with Gasteiger partial charge in [0.05, 0.1) is 6.61 Å². The number of ether oxygens (including phenoxy) is 1. The van der Waals surface area contributed by atoms with Crippen LogP contribution in [0.4, 0.5) is 20.4 Å². The van der Waals surface area contributed by atoms with Crippen molar-refractivity contribution in [1.29, 1.82) is 0 Å². The van der Waals surface area contributed by atoms with Crippen LogP contribution >= 0.6 is 0 Å². The summed E-state index contributed by atoms with van der Waals surface area (Å²) in [6.07, 6.45) is -0.234. The highest BCUT2D eigenvalue weighted by molar-refractivity contribution is 5.45. The molecule has 2 rings (SSSR count). The summed E-state index contributed by atoms with van der Waals surface area (Å²) in [6.45, 7) is 0.0706. The molecule has 0 bridgehead atoms. The van der Waals surface area contributed by atoms with Gasteiger partial charge in [-0.15, -0.1) is 0 Å². The van der Waals surface area contributed by atoms with Crippen molar-refractivity contribution < 1.29 is 13.5 Å². The van der Waals surface area contributed by atoms with Gasteiger partial charge in [-0.3, -0.25) is 0 Å². The van der Waals surface area contributed by atoms with Crippen LogP contribution in [0.1, 0.15) is 24.6 Å². The molecule has 0 radical (unpaired) electrons. The highest BCUT2D eigenvalue weighted by Crippen LogP contribution is 2.38. The van der Waals surface area contributed by atoms with Crippen LogP contribution in [0.25, 0.3) is 0 Å². The van der Waals surface area contributed by atoms with Gasteiger partial charge in [0.1, 0.15) is 24.1 Å². The summed E-state index contributed by atoms with van der Waals surface area (Å²) in [4.78, 5) is 8.48. The van der Waals surface area contributed by atoms with E-state index in [0.29, 0.717) is 24.1 Å². The molecule has 1 aromatic rings. The zero-order valence-electron chi connectivity index (χ0n) is 9.90. The van der Waals surface area contributed by atoms with Crippen molar-refractivity contribution in [3.8, 4) is 0 Å². The predicted octanol–water partition coefficient (Wildman–Crippen LogP) is 1.63. The van der Waals surface area contributed by atoms with Crippen molar-refractivity contribution in [2.24, 2.45) is 0 Å². The first-order valence-electron chi connectivity index (χ1n) is 5.89. The number of rotatable bonds is 7. The van der Waals surface area contributed by atoms with E-state index < -0.39 is 13.0 Å². The third-order valence-corrected chi connectivity index (χ3v) is 2.50. The fourth-order valence-corrected chi connectivity index (χ4v) is 1.52. The lowest BCUT2D eigenvalue weighted by atomic mass is 10.4. The summed E-state index contributed by atoms with van der Waals surface area (Å²) in [5.74, 6) is 2.21. The number of anilines is 2. The van der Waals surface area contributed by atoms with Crippen LogP contribution in [-0.2, 0) is 4.74 Å². The van der Waals surface area contributed by atoms with Crippen molar-refractivity contribution >= 4 is 11.6 Å². The second kappa shape index (κ2) is 5.90. The van der Waals surface area contributed by atoms with E-state index in [-0.39, 0.29) is 6.61 Å². The van der Waals surface area contributed by atoms with Gasteiger partial charge in [0.15, 0.2) is 0 Å². The maximum absolute atomic E-state index is 11.8. The van der Waals surface area contributed by atoms with E-state index in [1.165, 1.54) is 0 Å². The zero-order chi connectivity index (χ0) is 13.0. The number of hydrogen-bond acceptors (Lipinski definition) is 5. The Bertz CT molecular complexity index is 399. The second-order valence-corrected chi connectivity index (χ2v) is 4.20. The summed E-state index contributed by atoms with van der Waals surface area (Å²) in [5.41, 5.74) is 5.67. The highest BCUT2D eigenvalue weighted by Gasteiger charge is 2.27. The van der Waals surface area contributed by atoms with E-state index in [1.807, 2.05) is 0 Å². The summed E-state index contributed by atoms with van der Waals surface area (Å²) in [5, 5.41) is 2.98. The molecule has 1 aliphatic carbocycles. The minimum atomic E-state index is -2.43. The van der Waals surface area contributed by atoms with Gasteiger partial charge >= 0.3 is 0 Å². The van der Waals surface area contributed by atoms with E-state index in [2.05, 4.69) is 15.3 Å². The van der Waals surface area contributed by atoms with Crippen molar-refractivity contribution in [2.45, 2.75) is 25.2 Å². The number of halogens is 2. The standard InChI is InChI=1S/C11H16F2N4O/c12-8(13)6-18-4-3-15-10-5-9(14)16-11(17-10)7-1-2-7/h5,7-8H,1-4,6H2,(H3,14,15,16,17). The van der Waals surface area contributed by atoms with Gasteiger partial charge in [-0.1, -0.05) is 0 Å². The number of aromatic nitrogens is 2. The molecule has 18 heavy (non-hydrogen) atoms. The van der Waals surface area contributed by atoms with Gasteiger partial charge < -0.3 is 15.8 Å². The molecular formula is C11H16F2N4O. The number of nitrogens with one attached hydrogen (secondary N) is 1. The Morgan fingerprint density at radius 1 is 1.44 bits per heavy atom. The summed E-state index contributed by atoms with van der Waals surface area (Å²) in [7, 11) is 0. The van der Waals surface area contributed by atoms with Gasteiger partial charge in [-0.25, -0.2) is 18.7 Å². The first-order chi connectivity index (χ1) is 8.65. The van der Waals surface area contributed by atoms with Crippen LogP contribution in [0.2, 0.25) is 0 Å². The molecule has 0 spiro atoms. The number of nitrogen functional groups attached to an aromatic ring is 1. The van der Waals surface area contributed by atoms with E-state index in [1.54, 1.807) is 6.07 Å². The average molecular weight is 258 g/mol. The van der Waals surface area contributed by atoms with Gasteiger partial charge in [-0.05, 0) is 12.8 Å². The van der Waals surface area contributed by atoms with Gasteiger partial charge in [-0.2, -0.15) is 0 Å². The lowest BCUT2D eigenvalue weighted by Gasteiger charge is -2.08. The molecule has 1 aromatic heterocycles. The van der Waals surface area contributed by atoms with Gasteiger partial charge in [0, 0.05) is 18.5 Å². The molecule has 0 atom stereocenters. The van der Waals surface area contributed by atoms with Gasteiger partial charge in [0.25, 0.3) is 6.43 Å². The minimum absolute atomic E-state index is 0.201. The van der Waals surface area contributed by atoms with Crippen LogP contribution in [0.5, 0.6) is 0 Å². The third kappa shape index (κ3) is 4.06. The van der Waals surface area contributed by atoms with Gasteiger partial charge in [0.2, 0.25) is 0 Å². The van der Waals surface area contributed by atoms with Crippen LogP contribution in [0, 0.1) is 0 Å². The number of hydrogen-bond donors (Lipinski definition) is 2. The lowest BCUT2D eigenvalue weighted by Crippen LogP contribution is -2.14. The quantitative estimate of drug-likeness (QED) is 0.727. The fraction of sp³-hybridized carbons (Fsp3) is 0.636. The lowest BCUT2D eigenvalue weighted by molar-refractivity contribution is 0.0215. The summed E-state index contributed by atoms with van der Waals surface area (Å²) < 4.78 is 28.4. The Morgan fingerprint density at radius 2 is 2.22 bits per heavy atom. The van der Waals surface area contributed by atoms with Crippen molar-refractivity contribution in [3.05, 3.63) is 11.9 Å². The Balaban J connectivity index is 1.78. The van der Waals surface area contributed by atoms with Crippen LogP contribution < -0.4 is 11.1 Å². The molecule has 0 aromatic carbocycles. The van der Waals surface area contributed by atoms with E-state index in [9.17, 15) is 8.78 Å². The highest BCUT2D eigenvalue weighted by atomic mass is 19.3. The normalized spacial score (nSPS) is 15.1. The molecule has 1 fully saturated rings. The molecule has 1 aliphatic rings. The molecule has 0 amide bonds. The molecule has 7 heteroatoms. The molecule has 5 nitrogen and oxygen atoms in total. The molecule has 0 saturated heterocycles. The van der Waals surface area contributed by atoms with Crippen LogP contribution in [-0.4, -0.2) is 36.2 Å². The number of alkyl halides is 2. The first kappa shape index (κ1) is 12.9. The fourth-order valence-electron chi connectivity index (χ4n) is 1.52. The molecule has 3 N–H and O–H groups in total. The molecule has 1 heterocycles. The largest absolute Gasteiger partial charge is 0.384 e. The molecule has 0 aliphatic heterocycles. The number of nitrogens with two attached hydrogens (primary N) is 1. The maximum atomic E-state index is 11.8. The van der Waals surface area contributed by atoms with E-state index in [4.69, 9.17) is 10.5 Å². The first-order valence-corrected chi connectivity index (χ1v) is 5.89. The Morgan fingerprint density at radius 3 is 2.89 bits per heavy atom. The van der Waals surface area contributed by atoms with Crippen LogP contribution in [0.3, 0.4) is 0 Å². The maximum Gasteiger partial charge on any atom is 0.261 e. The predicted molar refractivity (Wildman–Crippen MR) is 63.7 cm³/mol. The Labute approximate surface area is 104 Å². The smallest absolute Gasteiger partial charge is 0.261 e. The summed E-state index contributed by atoms with van der Waals surface area (Å²) in [6, 6.07) is 1.62. The molecular weight excluding hydrogens is 242 g/mol. The van der Waals surface area contributed by atoms with Crippen molar-refractivity contribution in [2.75, 3.05) is 30.8 Å². The zero-order valence-corrected chi connectivity index (χ0v) is 9.90. The molecule has 0 unspecified atom stereocenters. The van der Waals surface area contributed by atoms with Crippen LogP contribution in [0.15, 0.2) is 6.07 Å². The second-order valence-electron chi connectivity index (χ2n) is 4.20.